The van der Waals surface area contributed by atoms with Gasteiger partial charge in [0, 0.05) is 31.4 Å². The standard InChI is InChI=1S/C12H23ClN2O3S/c1-3-14-12(16)11-4-6-15(7-5-11)19(17,18)9-10(2)8-13/h10-11H,3-9H2,1-2H3,(H,14,16). The summed E-state index contributed by atoms with van der Waals surface area (Å²) in [6.07, 6.45) is 1.20. The van der Waals surface area contributed by atoms with Gasteiger partial charge in [0.05, 0.1) is 5.75 Å². The Morgan fingerprint density at radius 1 is 1.42 bits per heavy atom. The molecule has 0 aromatic heterocycles. The van der Waals surface area contributed by atoms with Crippen molar-refractivity contribution in [3.8, 4) is 0 Å². The Morgan fingerprint density at radius 2 is 2.00 bits per heavy atom. The minimum Gasteiger partial charge on any atom is -0.356 e. The summed E-state index contributed by atoms with van der Waals surface area (Å²) in [6.45, 7) is 5.18. The highest BCUT2D eigenvalue weighted by molar-refractivity contribution is 7.89. The van der Waals surface area contributed by atoms with Crippen LogP contribution in [0.3, 0.4) is 0 Å². The molecule has 5 nitrogen and oxygen atoms in total. The second kappa shape index (κ2) is 7.45. The van der Waals surface area contributed by atoms with Crippen molar-refractivity contribution in [3.63, 3.8) is 0 Å². The molecule has 1 heterocycles. The second-order valence-corrected chi connectivity index (χ2v) is 7.43. The van der Waals surface area contributed by atoms with Crippen LogP contribution in [0.15, 0.2) is 0 Å². The number of nitrogens with zero attached hydrogens (tertiary/aromatic N) is 1. The molecule has 0 aromatic rings. The summed E-state index contributed by atoms with van der Waals surface area (Å²) in [5.74, 6) is 0.356. The number of nitrogens with one attached hydrogen (secondary N) is 1. The van der Waals surface area contributed by atoms with E-state index in [1.807, 2.05) is 13.8 Å². The molecule has 1 aliphatic heterocycles. The van der Waals surface area contributed by atoms with Gasteiger partial charge in [-0.25, -0.2) is 12.7 Å². The van der Waals surface area contributed by atoms with Crippen LogP contribution in [0.2, 0.25) is 0 Å². The maximum absolute atomic E-state index is 12.1. The minimum atomic E-state index is -3.24. The molecule has 1 amide bonds. The van der Waals surface area contributed by atoms with Crippen LogP contribution < -0.4 is 5.32 Å². The number of amides is 1. The van der Waals surface area contributed by atoms with Gasteiger partial charge in [0.25, 0.3) is 0 Å². The zero-order valence-electron chi connectivity index (χ0n) is 11.6. The summed E-state index contributed by atoms with van der Waals surface area (Å²) in [5, 5.41) is 2.79. The van der Waals surface area contributed by atoms with Gasteiger partial charge < -0.3 is 5.32 Å². The fraction of sp³-hybridized carbons (Fsp3) is 0.917. The zero-order chi connectivity index (χ0) is 14.5. The lowest BCUT2D eigenvalue weighted by atomic mass is 9.97. The number of carbonyl (C=O) groups is 1. The number of rotatable bonds is 6. The van der Waals surface area contributed by atoms with Gasteiger partial charge in [-0.05, 0) is 25.7 Å². The first-order valence-electron chi connectivity index (χ1n) is 6.72. The van der Waals surface area contributed by atoms with Crippen LogP contribution in [-0.4, -0.2) is 49.9 Å². The number of hydrogen-bond acceptors (Lipinski definition) is 3. The molecule has 0 aliphatic carbocycles. The van der Waals surface area contributed by atoms with Crippen molar-refractivity contribution in [2.45, 2.75) is 26.7 Å². The molecule has 0 radical (unpaired) electrons. The first kappa shape index (κ1) is 16.7. The second-order valence-electron chi connectivity index (χ2n) is 5.11. The van der Waals surface area contributed by atoms with Crippen LogP contribution in [0.5, 0.6) is 0 Å². The predicted molar refractivity (Wildman–Crippen MR) is 76.7 cm³/mol. The number of sulfonamides is 1. The number of halogens is 1. The molecule has 1 N–H and O–H groups in total. The van der Waals surface area contributed by atoms with Crippen LogP contribution in [-0.2, 0) is 14.8 Å². The van der Waals surface area contributed by atoms with Crippen LogP contribution >= 0.6 is 11.6 Å². The average molecular weight is 311 g/mol. The molecular weight excluding hydrogens is 288 g/mol. The van der Waals surface area contributed by atoms with Gasteiger partial charge >= 0.3 is 0 Å². The van der Waals surface area contributed by atoms with Gasteiger partial charge in [-0.15, -0.1) is 11.6 Å². The number of carbonyl (C=O) groups excluding carboxylic acids is 1. The van der Waals surface area contributed by atoms with Gasteiger partial charge in [0.2, 0.25) is 15.9 Å². The maximum Gasteiger partial charge on any atom is 0.223 e. The van der Waals surface area contributed by atoms with Crippen molar-refractivity contribution in [3.05, 3.63) is 0 Å². The largest absolute Gasteiger partial charge is 0.356 e. The smallest absolute Gasteiger partial charge is 0.223 e. The Bertz CT molecular complexity index is 392. The van der Waals surface area contributed by atoms with E-state index in [1.54, 1.807) is 0 Å². The SMILES string of the molecule is CCNC(=O)C1CCN(S(=O)(=O)CC(C)CCl)CC1. The van der Waals surface area contributed by atoms with E-state index in [0.29, 0.717) is 38.4 Å². The number of hydrogen-bond donors (Lipinski definition) is 1. The summed E-state index contributed by atoms with van der Waals surface area (Å²) in [5.41, 5.74) is 0. The molecule has 0 bridgehead atoms. The molecule has 1 rings (SSSR count). The maximum atomic E-state index is 12.1. The Labute approximate surface area is 120 Å². The molecule has 19 heavy (non-hydrogen) atoms. The zero-order valence-corrected chi connectivity index (χ0v) is 13.1. The van der Waals surface area contributed by atoms with E-state index in [0.717, 1.165) is 0 Å². The highest BCUT2D eigenvalue weighted by Crippen LogP contribution is 2.21. The third kappa shape index (κ3) is 4.93. The summed E-state index contributed by atoms with van der Waals surface area (Å²) in [6, 6.07) is 0. The first-order valence-corrected chi connectivity index (χ1v) is 8.86. The van der Waals surface area contributed by atoms with Crippen molar-refractivity contribution in [2.24, 2.45) is 11.8 Å². The lowest BCUT2D eigenvalue weighted by Crippen LogP contribution is -2.44. The van der Waals surface area contributed by atoms with Crippen molar-refractivity contribution >= 4 is 27.5 Å². The third-order valence-corrected chi connectivity index (χ3v) is 6.00. The molecule has 1 saturated heterocycles. The normalized spacial score (nSPS) is 20.2. The lowest BCUT2D eigenvalue weighted by Gasteiger charge is -2.31. The van der Waals surface area contributed by atoms with Gasteiger partial charge in [0.1, 0.15) is 0 Å². The molecule has 0 aromatic carbocycles. The van der Waals surface area contributed by atoms with Gasteiger partial charge in [-0.1, -0.05) is 6.92 Å². The monoisotopic (exact) mass is 310 g/mol. The average Bonchev–Trinajstić information content (AvgIpc) is 2.38. The Morgan fingerprint density at radius 3 is 2.47 bits per heavy atom. The van der Waals surface area contributed by atoms with Crippen LogP contribution in [0.25, 0.3) is 0 Å². The van der Waals surface area contributed by atoms with E-state index < -0.39 is 10.0 Å². The third-order valence-electron chi connectivity index (χ3n) is 3.33. The fourth-order valence-corrected chi connectivity index (χ4v) is 4.28. The summed E-state index contributed by atoms with van der Waals surface area (Å²) in [7, 11) is -3.24. The van der Waals surface area contributed by atoms with Gasteiger partial charge in [-0.3, -0.25) is 4.79 Å². The lowest BCUT2D eigenvalue weighted by molar-refractivity contribution is -0.126. The van der Waals surface area contributed by atoms with Crippen molar-refractivity contribution in [1.29, 1.82) is 0 Å². The Hall–Kier alpha value is -0.330. The number of piperidine rings is 1. The van der Waals surface area contributed by atoms with E-state index >= 15 is 0 Å². The van der Waals surface area contributed by atoms with Crippen LogP contribution in [0, 0.1) is 11.8 Å². The van der Waals surface area contributed by atoms with Crippen LogP contribution in [0.4, 0.5) is 0 Å². The molecule has 7 heteroatoms. The van der Waals surface area contributed by atoms with E-state index in [4.69, 9.17) is 11.6 Å². The van der Waals surface area contributed by atoms with E-state index in [1.165, 1.54) is 4.31 Å². The molecule has 0 saturated carbocycles. The van der Waals surface area contributed by atoms with E-state index in [9.17, 15) is 13.2 Å². The highest BCUT2D eigenvalue weighted by Gasteiger charge is 2.31. The van der Waals surface area contributed by atoms with Crippen LogP contribution in [0.1, 0.15) is 26.7 Å². The molecule has 1 atom stereocenters. The topological polar surface area (TPSA) is 66.5 Å². The first-order chi connectivity index (χ1) is 8.90. The highest BCUT2D eigenvalue weighted by atomic mass is 35.5. The Balaban J connectivity index is 2.51. The minimum absolute atomic E-state index is 0.0358. The van der Waals surface area contributed by atoms with E-state index in [-0.39, 0.29) is 23.5 Å². The fourth-order valence-electron chi connectivity index (χ4n) is 2.22. The van der Waals surface area contributed by atoms with Crippen molar-refractivity contribution < 1.29 is 13.2 Å². The quantitative estimate of drug-likeness (QED) is 0.745. The molecular formula is C12H23ClN2O3S. The molecule has 1 aliphatic rings. The van der Waals surface area contributed by atoms with Gasteiger partial charge in [0.15, 0.2) is 0 Å². The van der Waals surface area contributed by atoms with Crippen molar-refractivity contribution in [2.75, 3.05) is 31.3 Å². The summed E-state index contributed by atoms with van der Waals surface area (Å²) < 4.78 is 25.7. The molecule has 0 spiro atoms. The predicted octanol–water partition coefficient (Wildman–Crippen LogP) is 1.04. The summed E-state index contributed by atoms with van der Waals surface area (Å²) >= 11 is 5.66. The number of alkyl halides is 1. The Kier molecular flexibility index (Phi) is 6.56. The molecule has 1 unspecified atom stereocenters. The molecule has 112 valence electrons. The molecule has 1 fully saturated rings. The van der Waals surface area contributed by atoms with Gasteiger partial charge in [-0.2, -0.15) is 0 Å². The van der Waals surface area contributed by atoms with E-state index in [2.05, 4.69) is 5.32 Å². The van der Waals surface area contributed by atoms with Crippen molar-refractivity contribution in [1.82, 2.24) is 9.62 Å². The summed E-state index contributed by atoms with van der Waals surface area (Å²) in [4.78, 5) is 11.7.